The van der Waals surface area contributed by atoms with E-state index in [2.05, 4.69) is 46.4 Å². The van der Waals surface area contributed by atoms with Crippen LogP contribution in [-0.2, 0) is 0 Å². The Morgan fingerprint density at radius 1 is 1.30 bits per heavy atom. The van der Waals surface area contributed by atoms with Gasteiger partial charge in [0.1, 0.15) is 0 Å². The van der Waals surface area contributed by atoms with Crippen LogP contribution in [0.5, 0.6) is 0 Å². The maximum atomic E-state index is 9.90. The third-order valence-corrected chi connectivity index (χ3v) is 4.70. The van der Waals surface area contributed by atoms with E-state index in [0.29, 0.717) is 5.92 Å². The minimum atomic E-state index is -0.519. The molecule has 0 radical (unpaired) electrons. The highest BCUT2D eigenvalue weighted by Crippen LogP contribution is 2.44. The Morgan fingerprint density at radius 3 is 2.83 bits per heavy atom. The summed E-state index contributed by atoms with van der Waals surface area (Å²) in [6.45, 7) is 3.98. The molecule has 1 saturated carbocycles. The summed E-state index contributed by atoms with van der Waals surface area (Å²) in [5.74, 6) is 0.379. The zero-order valence-corrected chi connectivity index (χ0v) is 13.3. The lowest BCUT2D eigenvalue weighted by molar-refractivity contribution is -0.0323. The number of benzene rings is 1. The number of nitrogens with one attached hydrogen (secondary N) is 1. The summed E-state index contributed by atoms with van der Waals surface area (Å²) in [6.07, 6.45) is 7.12. The molecular formula is C18H20N4O. The van der Waals surface area contributed by atoms with E-state index in [1.807, 2.05) is 17.7 Å². The van der Waals surface area contributed by atoms with Crippen LogP contribution in [0.3, 0.4) is 0 Å². The number of nitrogens with zero attached hydrogens (tertiary/aromatic N) is 3. The molecule has 2 aromatic heterocycles. The van der Waals surface area contributed by atoms with Gasteiger partial charge >= 0.3 is 0 Å². The maximum Gasteiger partial charge on any atom is 0.0991 e. The van der Waals surface area contributed by atoms with E-state index in [1.54, 1.807) is 12.5 Å². The Labute approximate surface area is 135 Å². The Morgan fingerprint density at radius 2 is 2.13 bits per heavy atom. The molecule has 0 unspecified atom stereocenters. The molecule has 118 valence electrons. The maximum absolute atomic E-state index is 9.90. The molecule has 1 aliphatic carbocycles. The van der Waals surface area contributed by atoms with Gasteiger partial charge in [-0.05, 0) is 44.4 Å². The van der Waals surface area contributed by atoms with Crippen molar-refractivity contribution >= 4 is 0 Å². The van der Waals surface area contributed by atoms with Crippen molar-refractivity contribution in [3.8, 4) is 16.9 Å². The first kappa shape index (κ1) is 14.2. The van der Waals surface area contributed by atoms with Crippen LogP contribution in [0.15, 0.2) is 43.0 Å². The largest absolute Gasteiger partial charge is 0.390 e. The van der Waals surface area contributed by atoms with E-state index in [-0.39, 0.29) is 0 Å². The molecule has 2 heterocycles. The van der Waals surface area contributed by atoms with Gasteiger partial charge in [-0.1, -0.05) is 12.1 Å². The average molecular weight is 308 g/mol. The topological polar surface area (TPSA) is 66.7 Å². The molecule has 0 saturated heterocycles. The van der Waals surface area contributed by atoms with Gasteiger partial charge < -0.3 is 9.67 Å². The zero-order valence-electron chi connectivity index (χ0n) is 13.3. The molecule has 0 amide bonds. The standard InChI is InChI=1S/C18H20N4O/c1-12-3-4-13(7-17(12)22-6-5-19-11-22)15-8-16(21-20-15)14-9-18(2,23)10-14/h3-8,11,14,23H,9-10H2,1-2H3,(H,20,21). The van der Waals surface area contributed by atoms with Crippen molar-refractivity contribution in [3.05, 3.63) is 54.2 Å². The minimum absolute atomic E-state index is 0.379. The van der Waals surface area contributed by atoms with Gasteiger partial charge in [0.25, 0.3) is 0 Å². The van der Waals surface area contributed by atoms with Gasteiger partial charge in [-0.15, -0.1) is 0 Å². The number of hydrogen-bond acceptors (Lipinski definition) is 3. The SMILES string of the molecule is Cc1ccc(-c2cc(C3CC(C)(O)C3)[nH]n2)cc1-n1ccnc1. The van der Waals surface area contributed by atoms with Crippen molar-refractivity contribution in [2.45, 2.75) is 38.2 Å². The Balaban J connectivity index is 1.64. The highest BCUT2D eigenvalue weighted by molar-refractivity contribution is 5.64. The van der Waals surface area contributed by atoms with E-state index in [9.17, 15) is 5.11 Å². The lowest BCUT2D eigenvalue weighted by atomic mass is 9.71. The number of H-pyrrole nitrogens is 1. The zero-order chi connectivity index (χ0) is 16.0. The van der Waals surface area contributed by atoms with E-state index in [4.69, 9.17) is 0 Å². The Bertz CT molecular complexity index is 825. The molecule has 1 aromatic carbocycles. The summed E-state index contributed by atoms with van der Waals surface area (Å²) >= 11 is 0. The van der Waals surface area contributed by atoms with Gasteiger partial charge in [-0.3, -0.25) is 5.10 Å². The number of aryl methyl sites for hydroxylation is 1. The molecule has 0 bridgehead atoms. The van der Waals surface area contributed by atoms with Crippen molar-refractivity contribution in [3.63, 3.8) is 0 Å². The van der Waals surface area contributed by atoms with Gasteiger partial charge in [0.05, 0.1) is 23.3 Å². The van der Waals surface area contributed by atoms with Crippen LogP contribution < -0.4 is 0 Å². The van der Waals surface area contributed by atoms with Gasteiger partial charge in [-0.25, -0.2) is 4.98 Å². The molecule has 0 atom stereocenters. The third-order valence-electron chi connectivity index (χ3n) is 4.70. The number of imidazole rings is 1. The Kier molecular flexibility index (Phi) is 3.13. The molecule has 0 aliphatic heterocycles. The fourth-order valence-corrected chi connectivity index (χ4v) is 3.36. The summed E-state index contributed by atoms with van der Waals surface area (Å²) < 4.78 is 2.01. The van der Waals surface area contributed by atoms with E-state index in [0.717, 1.165) is 35.5 Å². The van der Waals surface area contributed by atoms with Gasteiger partial charge in [0.2, 0.25) is 0 Å². The first-order chi connectivity index (χ1) is 11.0. The van der Waals surface area contributed by atoms with Gasteiger partial charge in [-0.2, -0.15) is 5.10 Å². The van der Waals surface area contributed by atoms with Crippen LogP contribution >= 0.6 is 0 Å². The van der Waals surface area contributed by atoms with E-state index >= 15 is 0 Å². The van der Waals surface area contributed by atoms with Crippen LogP contribution in [0.1, 0.15) is 36.9 Å². The third kappa shape index (κ3) is 2.57. The van der Waals surface area contributed by atoms with Crippen LogP contribution in [0, 0.1) is 6.92 Å². The van der Waals surface area contributed by atoms with Gasteiger partial charge in [0, 0.05) is 29.6 Å². The summed E-state index contributed by atoms with van der Waals surface area (Å²) in [6, 6.07) is 8.43. The molecule has 5 nitrogen and oxygen atoms in total. The molecule has 1 fully saturated rings. The highest BCUT2D eigenvalue weighted by atomic mass is 16.3. The van der Waals surface area contributed by atoms with Crippen LogP contribution in [0.25, 0.3) is 16.9 Å². The van der Waals surface area contributed by atoms with Crippen molar-refractivity contribution in [2.24, 2.45) is 0 Å². The van der Waals surface area contributed by atoms with Crippen molar-refractivity contribution in [1.29, 1.82) is 0 Å². The fourth-order valence-electron chi connectivity index (χ4n) is 3.36. The molecule has 3 aromatic rings. The van der Waals surface area contributed by atoms with Gasteiger partial charge in [0.15, 0.2) is 0 Å². The lowest BCUT2D eigenvalue weighted by Gasteiger charge is -2.40. The lowest BCUT2D eigenvalue weighted by Crippen LogP contribution is -2.39. The second-order valence-electron chi connectivity index (χ2n) is 6.78. The second kappa shape index (κ2) is 5.06. The van der Waals surface area contributed by atoms with Crippen LogP contribution in [0.2, 0.25) is 0 Å². The molecule has 23 heavy (non-hydrogen) atoms. The summed E-state index contributed by atoms with van der Waals surface area (Å²) in [7, 11) is 0. The van der Waals surface area contributed by atoms with E-state index < -0.39 is 5.60 Å². The summed E-state index contributed by atoms with van der Waals surface area (Å²) in [4.78, 5) is 4.12. The fraction of sp³-hybridized carbons (Fsp3) is 0.333. The number of rotatable bonds is 3. The smallest absolute Gasteiger partial charge is 0.0991 e. The quantitative estimate of drug-likeness (QED) is 0.781. The number of aromatic amines is 1. The highest BCUT2D eigenvalue weighted by Gasteiger charge is 2.40. The number of aromatic nitrogens is 4. The molecule has 0 spiro atoms. The predicted octanol–water partition coefficient (Wildman–Crippen LogP) is 3.20. The molecule has 4 rings (SSSR count). The molecular weight excluding hydrogens is 288 g/mol. The number of hydrogen-bond donors (Lipinski definition) is 2. The van der Waals surface area contributed by atoms with Crippen molar-refractivity contribution < 1.29 is 5.11 Å². The monoisotopic (exact) mass is 308 g/mol. The first-order valence-corrected chi connectivity index (χ1v) is 7.89. The van der Waals surface area contributed by atoms with E-state index in [1.165, 1.54) is 5.56 Å². The first-order valence-electron chi connectivity index (χ1n) is 7.89. The number of aliphatic hydroxyl groups is 1. The normalized spacial score (nSPS) is 23.7. The molecule has 1 aliphatic rings. The van der Waals surface area contributed by atoms with Crippen LogP contribution in [0.4, 0.5) is 0 Å². The summed E-state index contributed by atoms with van der Waals surface area (Å²) in [5.41, 5.74) is 4.90. The Hall–Kier alpha value is -2.40. The predicted molar refractivity (Wildman–Crippen MR) is 88.5 cm³/mol. The average Bonchev–Trinajstić information content (AvgIpc) is 3.17. The minimum Gasteiger partial charge on any atom is -0.390 e. The summed E-state index contributed by atoms with van der Waals surface area (Å²) in [5, 5.41) is 17.5. The second-order valence-corrected chi connectivity index (χ2v) is 6.78. The van der Waals surface area contributed by atoms with Crippen molar-refractivity contribution in [2.75, 3.05) is 0 Å². The molecule has 2 N–H and O–H groups in total. The van der Waals surface area contributed by atoms with Crippen molar-refractivity contribution in [1.82, 2.24) is 19.7 Å². The van der Waals surface area contributed by atoms with Crippen LogP contribution in [-0.4, -0.2) is 30.5 Å². The molecule has 5 heteroatoms.